The van der Waals surface area contributed by atoms with Gasteiger partial charge in [0.05, 0.1) is 16.0 Å². The molecule has 0 saturated heterocycles. The van der Waals surface area contributed by atoms with Crippen molar-refractivity contribution < 1.29 is 9.31 Å². The molecule has 4 nitrogen and oxygen atoms in total. The second kappa shape index (κ2) is 6.39. The van der Waals surface area contributed by atoms with Gasteiger partial charge in [0.15, 0.2) is 0 Å². The summed E-state index contributed by atoms with van der Waals surface area (Å²) >= 11 is 5.72. The monoisotopic (exact) mass is 300 g/mol. The van der Waals surface area contributed by atoms with Crippen molar-refractivity contribution in [2.75, 3.05) is 5.32 Å². The van der Waals surface area contributed by atoms with E-state index < -0.39 is 10.7 Å². The minimum Gasteiger partial charge on any atom is -0.377 e. The van der Waals surface area contributed by atoms with Gasteiger partial charge in [-0.3, -0.25) is 10.1 Å². The van der Waals surface area contributed by atoms with Crippen LogP contribution in [0.15, 0.2) is 12.1 Å². The SMILES string of the molecule is CCC1CCC(Nc2cc(Cl)c(F)cc2[N+](=O)[O-])CC1. The molecule has 2 rings (SSSR count). The Bertz CT molecular complexity index is 502. The van der Waals surface area contributed by atoms with Crippen LogP contribution in [-0.2, 0) is 0 Å². The summed E-state index contributed by atoms with van der Waals surface area (Å²) < 4.78 is 13.3. The summed E-state index contributed by atoms with van der Waals surface area (Å²) in [6.07, 6.45) is 5.37. The fourth-order valence-corrected chi connectivity index (χ4v) is 2.90. The fraction of sp³-hybridized carbons (Fsp3) is 0.571. The molecular weight excluding hydrogens is 283 g/mol. The molecule has 1 saturated carbocycles. The lowest BCUT2D eigenvalue weighted by Crippen LogP contribution is -2.26. The van der Waals surface area contributed by atoms with Gasteiger partial charge in [0.1, 0.15) is 11.5 Å². The minimum atomic E-state index is -0.765. The van der Waals surface area contributed by atoms with Gasteiger partial charge in [-0.2, -0.15) is 0 Å². The zero-order valence-electron chi connectivity index (χ0n) is 11.4. The number of nitro groups is 1. The lowest BCUT2D eigenvalue weighted by atomic mass is 9.84. The Labute approximate surface area is 122 Å². The van der Waals surface area contributed by atoms with Crippen LogP contribution in [0.1, 0.15) is 39.0 Å². The summed E-state index contributed by atoms with van der Waals surface area (Å²) in [5, 5.41) is 14.0. The van der Waals surface area contributed by atoms with Crippen molar-refractivity contribution in [1.82, 2.24) is 0 Å². The van der Waals surface area contributed by atoms with E-state index in [0.717, 1.165) is 37.7 Å². The van der Waals surface area contributed by atoms with Crippen molar-refractivity contribution in [3.05, 3.63) is 33.1 Å². The number of benzene rings is 1. The van der Waals surface area contributed by atoms with E-state index in [-0.39, 0.29) is 16.8 Å². The maximum atomic E-state index is 13.3. The number of halogens is 2. The van der Waals surface area contributed by atoms with Crippen LogP contribution in [0.3, 0.4) is 0 Å². The highest BCUT2D eigenvalue weighted by molar-refractivity contribution is 6.31. The molecule has 0 amide bonds. The molecule has 1 aromatic rings. The first kappa shape index (κ1) is 15.0. The van der Waals surface area contributed by atoms with Gasteiger partial charge >= 0.3 is 0 Å². The second-order valence-electron chi connectivity index (χ2n) is 5.31. The molecule has 20 heavy (non-hydrogen) atoms. The Balaban J connectivity index is 2.13. The van der Waals surface area contributed by atoms with Crippen molar-refractivity contribution in [2.24, 2.45) is 5.92 Å². The predicted molar refractivity (Wildman–Crippen MR) is 77.7 cm³/mol. The lowest BCUT2D eigenvalue weighted by Gasteiger charge is -2.29. The molecule has 0 bridgehead atoms. The van der Waals surface area contributed by atoms with Crippen LogP contribution < -0.4 is 5.32 Å². The maximum Gasteiger partial charge on any atom is 0.295 e. The van der Waals surface area contributed by atoms with Crippen LogP contribution in [-0.4, -0.2) is 11.0 Å². The van der Waals surface area contributed by atoms with Crippen molar-refractivity contribution >= 4 is 23.0 Å². The standard InChI is InChI=1S/C14H18ClFN2O2/c1-2-9-3-5-10(6-4-9)17-13-7-11(15)12(16)8-14(13)18(19)20/h7-10,17H,2-6H2,1H3. The average molecular weight is 301 g/mol. The smallest absolute Gasteiger partial charge is 0.295 e. The molecule has 110 valence electrons. The molecule has 0 aliphatic heterocycles. The Morgan fingerprint density at radius 1 is 1.40 bits per heavy atom. The van der Waals surface area contributed by atoms with Gasteiger partial charge in [-0.05, 0) is 37.7 Å². The highest BCUT2D eigenvalue weighted by Gasteiger charge is 2.24. The molecule has 0 spiro atoms. The molecule has 0 atom stereocenters. The fourth-order valence-electron chi connectivity index (χ4n) is 2.74. The van der Waals surface area contributed by atoms with E-state index >= 15 is 0 Å². The largest absolute Gasteiger partial charge is 0.377 e. The lowest BCUT2D eigenvalue weighted by molar-refractivity contribution is -0.384. The third kappa shape index (κ3) is 3.39. The van der Waals surface area contributed by atoms with Crippen molar-refractivity contribution in [3.63, 3.8) is 0 Å². The van der Waals surface area contributed by atoms with E-state index in [1.165, 1.54) is 12.5 Å². The van der Waals surface area contributed by atoms with E-state index in [4.69, 9.17) is 11.6 Å². The summed E-state index contributed by atoms with van der Waals surface area (Å²) in [5.41, 5.74) is 0.0471. The van der Waals surface area contributed by atoms with Crippen molar-refractivity contribution in [1.29, 1.82) is 0 Å². The van der Waals surface area contributed by atoms with Gasteiger partial charge < -0.3 is 5.32 Å². The van der Waals surface area contributed by atoms with Gasteiger partial charge in [0, 0.05) is 6.04 Å². The molecule has 6 heteroatoms. The minimum absolute atomic E-state index is 0.0969. The van der Waals surface area contributed by atoms with Crippen molar-refractivity contribution in [3.8, 4) is 0 Å². The quantitative estimate of drug-likeness (QED) is 0.644. The van der Waals surface area contributed by atoms with Gasteiger partial charge in [-0.1, -0.05) is 24.9 Å². The van der Waals surface area contributed by atoms with Crippen LogP contribution in [0.5, 0.6) is 0 Å². The normalized spacial score (nSPS) is 22.6. The number of nitro benzene ring substituents is 1. The number of rotatable bonds is 4. The van der Waals surface area contributed by atoms with Gasteiger partial charge in [0.2, 0.25) is 0 Å². The van der Waals surface area contributed by atoms with Crippen LogP contribution in [0.4, 0.5) is 15.8 Å². The van der Waals surface area contributed by atoms with Crippen LogP contribution >= 0.6 is 11.6 Å². The number of nitrogens with zero attached hydrogens (tertiary/aromatic N) is 1. The summed E-state index contributed by atoms with van der Waals surface area (Å²) in [7, 11) is 0. The molecule has 0 aromatic heterocycles. The topological polar surface area (TPSA) is 55.2 Å². The van der Waals surface area contributed by atoms with E-state index in [9.17, 15) is 14.5 Å². The molecular formula is C14H18ClFN2O2. The predicted octanol–water partition coefficient (Wildman–Crippen LogP) is 4.77. The van der Waals surface area contributed by atoms with Gasteiger partial charge in [-0.25, -0.2) is 4.39 Å². The van der Waals surface area contributed by atoms with E-state index in [0.29, 0.717) is 5.69 Å². The number of anilines is 1. The highest BCUT2D eigenvalue weighted by atomic mass is 35.5. The summed E-state index contributed by atoms with van der Waals surface area (Å²) in [5.74, 6) is -0.0153. The first-order valence-corrected chi connectivity index (χ1v) is 7.29. The van der Waals surface area contributed by atoms with Crippen molar-refractivity contribution in [2.45, 2.75) is 45.1 Å². The summed E-state index contributed by atoms with van der Waals surface area (Å²) in [6, 6.07) is 2.38. The zero-order chi connectivity index (χ0) is 14.7. The average Bonchev–Trinajstić information content (AvgIpc) is 2.43. The van der Waals surface area contributed by atoms with E-state index in [1.807, 2.05) is 0 Å². The van der Waals surface area contributed by atoms with Gasteiger partial charge in [0.25, 0.3) is 5.69 Å². The first-order chi connectivity index (χ1) is 9.51. The van der Waals surface area contributed by atoms with E-state index in [1.54, 1.807) is 0 Å². The van der Waals surface area contributed by atoms with Crippen LogP contribution in [0, 0.1) is 21.8 Å². The molecule has 1 fully saturated rings. The van der Waals surface area contributed by atoms with Crippen LogP contribution in [0.2, 0.25) is 5.02 Å². The maximum absolute atomic E-state index is 13.3. The number of hydrogen-bond donors (Lipinski definition) is 1. The Hall–Kier alpha value is -1.36. The highest BCUT2D eigenvalue weighted by Crippen LogP contribution is 2.34. The molecule has 0 radical (unpaired) electrons. The molecule has 1 N–H and O–H groups in total. The second-order valence-corrected chi connectivity index (χ2v) is 5.72. The third-order valence-corrected chi connectivity index (χ3v) is 4.31. The molecule has 1 aliphatic carbocycles. The Morgan fingerprint density at radius 3 is 2.60 bits per heavy atom. The van der Waals surface area contributed by atoms with Gasteiger partial charge in [-0.15, -0.1) is 0 Å². The molecule has 0 unspecified atom stereocenters. The summed E-state index contributed by atoms with van der Waals surface area (Å²) in [4.78, 5) is 10.4. The summed E-state index contributed by atoms with van der Waals surface area (Å²) in [6.45, 7) is 2.18. The number of nitrogens with one attached hydrogen (secondary N) is 1. The molecule has 1 aromatic carbocycles. The van der Waals surface area contributed by atoms with Crippen LogP contribution in [0.25, 0.3) is 0 Å². The third-order valence-electron chi connectivity index (χ3n) is 4.02. The van der Waals surface area contributed by atoms with E-state index in [2.05, 4.69) is 12.2 Å². The molecule has 0 heterocycles. The zero-order valence-corrected chi connectivity index (χ0v) is 12.1. The molecule has 1 aliphatic rings. The Kier molecular flexibility index (Phi) is 4.81. The Morgan fingerprint density at radius 2 is 2.05 bits per heavy atom. The first-order valence-electron chi connectivity index (χ1n) is 6.91. The number of hydrogen-bond acceptors (Lipinski definition) is 3.